The van der Waals surface area contributed by atoms with E-state index >= 15 is 0 Å². The Hall–Kier alpha value is -1.41. The number of likely N-dealkylation sites (tertiary alicyclic amines) is 1. The van der Waals surface area contributed by atoms with Crippen molar-refractivity contribution < 1.29 is 13.2 Å². The number of nitrogens with zero attached hydrogens (tertiary/aromatic N) is 2. The molecule has 1 aliphatic rings. The molecule has 0 saturated carbocycles. The summed E-state index contributed by atoms with van der Waals surface area (Å²) in [6.45, 7) is 0.666. The lowest BCUT2D eigenvalue weighted by Crippen LogP contribution is -2.33. The van der Waals surface area contributed by atoms with Gasteiger partial charge in [-0.1, -0.05) is 0 Å². The summed E-state index contributed by atoms with van der Waals surface area (Å²) in [4.78, 5) is 19.9. The molecule has 0 spiro atoms. The van der Waals surface area contributed by atoms with Gasteiger partial charge in [-0.15, -0.1) is 0 Å². The Kier molecular flexibility index (Phi) is 3.16. The number of nitrogens with two attached hydrogens (primary N) is 1. The quantitative estimate of drug-likeness (QED) is 0.710. The van der Waals surface area contributed by atoms with Crippen LogP contribution in [-0.4, -0.2) is 47.5 Å². The number of primary sulfonamides is 1. The predicted molar refractivity (Wildman–Crippen MR) is 60.4 cm³/mol. The van der Waals surface area contributed by atoms with Crippen LogP contribution in [0.1, 0.15) is 12.1 Å². The van der Waals surface area contributed by atoms with Gasteiger partial charge in [-0.3, -0.25) is 4.79 Å². The topological polar surface area (TPSA) is 109 Å². The van der Waals surface area contributed by atoms with Crippen LogP contribution in [0.25, 0.3) is 0 Å². The second kappa shape index (κ2) is 4.46. The third-order valence-electron chi connectivity index (χ3n) is 2.85. The highest BCUT2D eigenvalue weighted by Crippen LogP contribution is 2.16. The molecular weight excluding hydrogens is 244 g/mol. The molecule has 8 heteroatoms. The first-order chi connectivity index (χ1) is 7.97. The van der Waals surface area contributed by atoms with E-state index in [-0.39, 0.29) is 18.9 Å². The number of aromatic amines is 1. The molecule has 2 heterocycles. The fourth-order valence-electron chi connectivity index (χ4n) is 1.85. The van der Waals surface area contributed by atoms with Gasteiger partial charge >= 0.3 is 0 Å². The second-order valence-corrected chi connectivity index (χ2v) is 5.93. The molecule has 3 N–H and O–H groups in total. The maximum absolute atomic E-state index is 11.6. The van der Waals surface area contributed by atoms with E-state index in [2.05, 4.69) is 9.97 Å². The van der Waals surface area contributed by atoms with Gasteiger partial charge in [0.1, 0.15) is 5.25 Å². The third-order valence-corrected chi connectivity index (χ3v) is 4.09. The number of hydrogen-bond donors (Lipinski definition) is 2. The lowest BCUT2D eigenvalue weighted by atomic mass is 10.3. The predicted octanol–water partition coefficient (Wildman–Crippen LogP) is -1.16. The minimum atomic E-state index is -3.62. The zero-order valence-electron chi connectivity index (χ0n) is 9.17. The number of nitrogens with one attached hydrogen (secondary N) is 1. The van der Waals surface area contributed by atoms with Crippen molar-refractivity contribution in [2.24, 2.45) is 5.14 Å². The maximum Gasteiger partial charge on any atom is 0.224 e. The molecule has 7 nitrogen and oxygen atoms in total. The van der Waals surface area contributed by atoms with Gasteiger partial charge in [-0.2, -0.15) is 0 Å². The normalized spacial score (nSPS) is 21.1. The smallest absolute Gasteiger partial charge is 0.224 e. The minimum Gasteiger partial charge on any atom is -0.348 e. The maximum atomic E-state index is 11.6. The molecule has 1 aliphatic heterocycles. The zero-order chi connectivity index (χ0) is 12.5. The van der Waals surface area contributed by atoms with Crippen LogP contribution in [0.4, 0.5) is 0 Å². The van der Waals surface area contributed by atoms with Crippen LogP contribution < -0.4 is 5.14 Å². The van der Waals surface area contributed by atoms with E-state index in [4.69, 9.17) is 5.14 Å². The summed E-state index contributed by atoms with van der Waals surface area (Å²) in [5, 5.41) is 4.27. The number of rotatable bonds is 4. The number of imidazole rings is 1. The van der Waals surface area contributed by atoms with Crippen LogP contribution in [0.5, 0.6) is 0 Å². The summed E-state index contributed by atoms with van der Waals surface area (Å²) < 4.78 is 22.3. The second-order valence-electron chi connectivity index (χ2n) is 4.08. The lowest BCUT2D eigenvalue weighted by Gasteiger charge is -2.15. The highest BCUT2D eigenvalue weighted by Gasteiger charge is 2.35. The van der Waals surface area contributed by atoms with Crippen molar-refractivity contribution in [1.29, 1.82) is 0 Å². The molecule has 1 saturated heterocycles. The Bertz CT molecular complexity index is 496. The van der Waals surface area contributed by atoms with Crippen LogP contribution in [-0.2, 0) is 21.2 Å². The number of hydrogen-bond acceptors (Lipinski definition) is 4. The number of sulfonamides is 1. The summed E-state index contributed by atoms with van der Waals surface area (Å²) in [5.41, 5.74) is 0.914. The summed E-state index contributed by atoms with van der Waals surface area (Å²) in [6.07, 6.45) is 3.86. The molecule has 0 bridgehead atoms. The van der Waals surface area contributed by atoms with E-state index in [0.717, 1.165) is 5.69 Å². The molecule has 0 aromatic carbocycles. The van der Waals surface area contributed by atoms with E-state index in [1.165, 1.54) is 4.90 Å². The number of carbonyl (C=O) groups is 1. The molecule has 1 aromatic rings. The molecule has 1 atom stereocenters. The van der Waals surface area contributed by atoms with Crippen molar-refractivity contribution in [3.63, 3.8) is 0 Å². The Balaban J connectivity index is 1.93. The Morgan fingerprint density at radius 1 is 1.59 bits per heavy atom. The van der Waals surface area contributed by atoms with E-state index in [0.29, 0.717) is 13.0 Å². The summed E-state index contributed by atoms with van der Waals surface area (Å²) in [5.74, 6) is -0.163. The van der Waals surface area contributed by atoms with Crippen LogP contribution in [0.2, 0.25) is 0 Å². The number of H-pyrrole nitrogens is 1. The molecule has 1 fully saturated rings. The van der Waals surface area contributed by atoms with E-state index in [1.807, 2.05) is 0 Å². The number of amides is 1. The van der Waals surface area contributed by atoms with E-state index in [1.54, 1.807) is 12.5 Å². The molecule has 1 unspecified atom stereocenters. The molecule has 1 amide bonds. The van der Waals surface area contributed by atoms with Gasteiger partial charge in [-0.05, 0) is 0 Å². The SMILES string of the molecule is NS(=O)(=O)C1CC(=O)N(CCc2cnc[nH]2)C1. The molecule has 94 valence electrons. The van der Waals surface area contributed by atoms with Crippen molar-refractivity contribution in [1.82, 2.24) is 14.9 Å². The monoisotopic (exact) mass is 258 g/mol. The van der Waals surface area contributed by atoms with Gasteiger partial charge in [0.2, 0.25) is 15.9 Å². The Labute approximate surface area is 99.1 Å². The zero-order valence-corrected chi connectivity index (χ0v) is 9.98. The highest BCUT2D eigenvalue weighted by molar-refractivity contribution is 7.89. The van der Waals surface area contributed by atoms with Crippen molar-refractivity contribution in [3.8, 4) is 0 Å². The van der Waals surface area contributed by atoms with Crippen LogP contribution in [0.15, 0.2) is 12.5 Å². The molecule has 17 heavy (non-hydrogen) atoms. The first kappa shape index (κ1) is 12.1. The third kappa shape index (κ3) is 2.83. The first-order valence-corrected chi connectivity index (χ1v) is 6.84. The molecule has 0 radical (unpaired) electrons. The van der Waals surface area contributed by atoms with Gasteiger partial charge in [-0.25, -0.2) is 18.5 Å². The van der Waals surface area contributed by atoms with Gasteiger partial charge in [0, 0.05) is 37.8 Å². The summed E-state index contributed by atoms with van der Waals surface area (Å²) in [7, 11) is -3.62. The van der Waals surface area contributed by atoms with Crippen molar-refractivity contribution in [3.05, 3.63) is 18.2 Å². The average Bonchev–Trinajstić information content (AvgIpc) is 2.83. The van der Waals surface area contributed by atoms with Crippen LogP contribution in [0, 0.1) is 0 Å². The van der Waals surface area contributed by atoms with Gasteiger partial charge in [0.05, 0.1) is 6.33 Å². The van der Waals surface area contributed by atoms with Crippen molar-refractivity contribution >= 4 is 15.9 Å². The van der Waals surface area contributed by atoms with E-state index in [9.17, 15) is 13.2 Å². The van der Waals surface area contributed by atoms with E-state index < -0.39 is 15.3 Å². The first-order valence-electron chi connectivity index (χ1n) is 5.23. The number of carbonyl (C=O) groups excluding carboxylic acids is 1. The van der Waals surface area contributed by atoms with Crippen LogP contribution >= 0.6 is 0 Å². The number of aromatic nitrogens is 2. The minimum absolute atomic E-state index is 0.0121. The van der Waals surface area contributed by atoms with Crippen molar-refractivity contribution in [2.75, 3.05) is 13.1 Å². The van der Waals surface area contributed by atoms with Gasteiger partial charge in [0.15, 0.2) is 0 Å². The van der Waals surface area contributed by atoms with Gasteiger partial charge in [0.25, 0.3) is 0 Å². The fourth-order valence-corrected chi connectivity index (χ4v) is 2.61. The Morgan fingerprint density at radius 2 is 2.35 bits per heavy atom. The molecule has 1 aromatic heterocycles. The fraction of sp³-hybridized carbons (Fsp3) is 0.556. The summed E-state index contributed by atoms with van der Waals surface area (Å²) in [6, 6.07) is 0. The molecule has 2 rings (SSSR count). The molecular formula is C9H14N4O3S. The lowest BCUT2D eigenvalue weighted by molar-refractivity contribution is -0.127. The largest absolute Gasteiger partial charge is 0.348 e. The van der Waals surface area contributed by atoms with Crippen molar-refractivity contribution in [2.45, 2.75) is 18.1 Å². The Morgan fingerprint density at radius 3 is 2.88 bits per heavy atom. The average molecular weight is 258 g/mol. The molecule has 0 aliphatic carbocycles. The highest BCUT2D eigenvalue weighted by atomic mass is 32.2. The summed E-state index contributed by atoms with van der Waals surface area (Å²) >= 11 is 0. The van der Waals surface area contributed by atoms with Gasteiger partial charge < -0.3 is 9.88 Å². The van der Waals surface area contributed by atoms with Crippen LogP contribution in [0.3, 0.4) is 0 Å². The standard InChI is InChI=1S/C9H14N4O3S/c10-17(15,16)8-3-9(14)13(5-8)2-1-7-4-11-6-12-7/h4,6,8H,1-3,5H2,(H,11,12)(H2,10,15,16).